The first kappa shape index (κ1) is 22.5. The van der Waals surface area contributed by atoms with E-state index in [1.54, 1.807) is 12.1 Å². The average molecular weight is 449 g/mol. The van der Waals surface area contributed by atoms with Crippen LogP contribution in [0.15, 0.2) is 59.8 Å². The Labute approximate surface area is 192 Å². The van der Waals surface area contributed by atoms with E-state index in [9.17, 15) is 14.9 Å². The quantitative estimate of drug-likeness (QED) is 0.194. The van der Waals surface area contributed by atoms with E-state index in [0.29, 0.717) is 23.8 Å². The number of benzene rings is 2. The second kappa shape index (κ2) is 9.85. The smallest absolute Gasteiger partial charge is 0.338 e. The van der Waals surface area contributed by atoms with Crippen LogP contribution in [0.25, 0.3) is 11.0 Å². The first-order chi connectivity index (χ1) is 16.0. The summed E-state index contributed by atoms with van der Waals surface area (Å²) in [5.41, 5.74) is 3.55. The number of hydrogen-bond acceptors (Lipinski definition) is 6. The lowest BCUT2D eigenvalue weighted by atomic mass is 9.95. The Bertz CT molecular complexity index is 1200. The molecule has 0 spiro atoms. The molecule has 0 amide bonds. The van der Waals surface area contributed by atoms with Crippen molar-refractivity contribution in [1.82, 2.24) is 9.55 Å². The normalized spacial score (nSPS) is 15.3. The van der Waals surface area contributed by atoms with Crippen molar-refractivity contribution >= 4 is 28.6 Å². The molecule has 4 rings (SSSR count). The van der Waals surface area contributed by atoms with Crippen molar-refractivity contribution in [2.75, 3.05) is 11.9 Å². The van der Waals surface area contributed by atoms with Crippen LogP contribution < -0.4 is 5.32 Å². The fourth-order valence-corrected chi connectivity index (χ4v) is 4.27. The molecule has 1 atom stereocenters. The molecular formula is C25H28N4O4. The van der Waals surface area contributed by atoms with Gasteiger partial charge in [-0.3, -0.25) is 14.7 Å². The molecule has 0 saturated carbocycles. The molecule has 0 saturated heterocycles. The van der Waals surface area contributed by atoms with Gasteiger partial charge in [0.25, 0.3) is 5.69 Å². The van der Waals surface area contributed by atoms with E-state index in [0.717, 1.165) is 42.3 Å². The van der Waals surface area contributed by atoms with E-state index in [1.165, 1.54) is 18.6 Å². The third-order valence-corrected chi connectivity index (χ3v) is 5.95. The molecule has 0 bridgehead atoms. The van der Waals surface area contributed by atoms with Crippen LogP contribution in [0.5, 0.6) is 0 Å². The lowest BCUT2D eigenvalue weighted by Gasteiger charge is -2.30. The summed E-state index contributed by atoms with van der Waals surface area (Å²) in [4.78, 5) is 28.7. The maximum absolute atomic E-state index is 13.3. The number of hydrogen-bond donors (Lipinski definition) is 1. The van der Waals surface area contributed by atoms with Crippen molar-refractivity contribution in [3.05, 3.63) is 75.5 Å². The van der Waals surface area contributed by atoms with Crippen LogP contribution in [-0.4, -0.2) is 27.1 Å². The van der Waals surface area contributed by atoms with E-state index in [1.807, 2.05) is 35.8 Å². The van der Waals surface area contributed by atoms with E-state index in [4.69, 9.17) is 4.74 Å². The molecule has 0 aliphatic carbocycles. The minimum absolute atomic E-state index is 0.000282. The van der Waals surface area contributed by atoms with Gasteiger partial charge in [-0.2, -0.15) is 0 Å². The van der Waals surface area contributed by atoms with Crippen LogP contribution in [-0.2, 0) is 9.53 Å². The summed E-state index contributed by atoms with van der Waals surface area (Å²) in [6.45, 7) is 4.36. The molecule has 1 aliphatic heterocycles. The molecule has 172 valence electrons. The topological polar surface area (TPSA) is 99.3 Å². The Hall–Kier alpha value is -3.68. The van der Waals surface area contributed by atoms with Crippen molar-refractivity contribution in [3.8, 4) is 0 Å². The maximum Gasteiger partial charge on any atom is 0.338 e. The standard InChI is InChI=1S/C25H28N4O4/c1-3-4-5-6-9-16-33-24(30)22-17(2)26-25-27-20-10-7-8-11-21(20)28(25)23(22)18-12-14-19(15-13-18)29(31)32/h7-8,10-15,23H,3-6,9,16H2,1-2H3,(H,26,27)/t23-/m1/s1. The van der Waals surface area contributed by atoms with Crippen LogP contribution in [0.3, 0.4) is 0 Å². The summed E-state index contributed by atoms with van der Waals surface area (Å²) < 4.78 is 7.63. The number of nitrogens with one attached hydrogen (secondary N) is 1. The fourth-order valence-electron chi connectivity index (χ4n) is 4.27. The summed E-state index contributed by atoms with van der Waals surface area (Å²) in [7, 11) is 0. The molecule has 1 aliphatic rings. The number of carbonyl (C=O) groups excluding carboxylic acids is 1. The second-order valence-corrected chi connectivity index (χ2v) is 8.26. The van der Waals surface area contributed by atoms with Crippen molar-refractivity contribution in [2.45, 2.75) is 52.0 Å². The highest BCUT2D eigenvalue weighted by atomic mass is 16.6. The highest BCUT2D eigenvalue weighted by Gasteiger charge is 2.35. The van der Waals surface area contributed by atoms with E-state index < -0.39 is 11.0 Å². The highest BCUT2D eigenvalue weighted by molar-refractivity contribution is 5.94. The number of ether oxygens (including phenoxy) is 1. The number of rotatable bonds is 9. The molecule has 0 radical (unpaired) electrons. The maximum atomic E-state index is 13.3. The Balaban J connectivity index is 1.69. The van der Waals surface area contributed by atoms with Crippen LogP contribution >= 0.6 is 0 Å². The predicted octanol–water partition coefficient (Wildman–Crippen LogP) is 5.75. The number of esters is 1. The minimum atomic E-state index is -0.512. The van der Waals surface area contributed by atoms with Gasteiger partial charge < -0.3 is 10.1 Å². The molecule has 0 fully saturated rings. The number of nitro groups is 1. The fraction of sp³-hybridized carbons (Fsp3) is 0.360. The molecule has 1 aromatic heterocycles. The number of para-hydroxylation sites is 2. The molecule has 0 unspecified atom stereocenters. The summed E-state index contributed by atoms with van der Waals surface area (Å²) in [5.74, 6) is 0.232. The predicted molar refractivity (Wildman–Crippen MR) is 127 cm³/mol. The van der Waals surface area contributed by atoms with Crippen molar-refractivity contribution in [3.63, 3.8) is 0 Å². The van der Waals surface area contributed by atoms with Gasteiger partial charge in [-0.25, -0.2) is 9.78 Å². The summed E-state index contributed by atoms with van der Waals surface area (Å²) >= 11 is 0. The van der Waals surface area contributed by atoms with Crippen LogP contribution in [0, 0.1) is 10.1 Å². The van der Waals surface area contributed by atoms with Gasteiger partial charge in [0.05, 0.1) is 34.2 Å². The van der Waals surface area contributed by atoms with Crippen molar-refractivity contribution < 1.29 is 14.5 Å². The molecule has 2 aromatic carbocycles. The van der Waals surface area contributed by atoms with Gasteiger partial charge in [0, 0.05) is 17.8 Å². The van der Waals surface area contributed by atoms with Crippen LogP contribution in [0.1, 0.15) is 57.6 Å². The Kier molecular flexibility index (Phi) is 6.72. The number of anilines is 1. The number of imidazole rings is 1. The van der Waals surface area contributed by atoms with Gasteiger partial charge in [-0.1, -0.05) is 44.7 Å². The number of aromatic nitrogens is 2. The molecule has 8 heteroatoms. The van der Waals surface area contributed by atoms with Gasteiger partial charge in [-0.15, -0.1) is 0 Å². The Morgan fingerprint density at radius 3 is 2.58 bits per heavy atom. The summed E-state index contributed by atoms with van der Waals surface area (Å²) in [5, 5.41) is 14.4. The number of allylic oxidation sites excluding steroid dienone is 1. The lowest BCUT2D eigenvalue weighted by molar-refractivity contribution is -0.384. The van der Waals surface area contributed by atoms with E-state index in [-0.39, 0.29) is 11.7 Å². The van der Waals surface area contributed by atoms with E-state index >= 15 is 0 Å². The monoisotopic (exact) mass is 448 g/mol. The third kappa shape index (κ3) is 4.60. The zero-order chi connectivity index (χ0) is 23.4. The van der Waals surface area contributed by atoms with Gasteiger partial charge in [0.1, 0.15) is 0 Å². The first-order valence-corrected chi connectivity index (χ1v) is 11.4. The van der Waals surface area contributed by atoms with Crippen LogP contribution in [0.4, 0.5) is 11.6 Å². The molecule has 3 aromatic rings. The van der Waals surface area contributed by atoms with Crippen molar-refractivity contribution in [1.29, 1.82) is 0 Å². The van der Waals surface area contributed by atoms with Gasteiger partial charge in [-0.05, 0) is 43.2 Å². The number of nitro benzene ring substituents is 1. The van der Waals surface area contributed by atoms with Gasteiger partial charge >= 0.3 is 5.97 Å². The Morgan fingerprint density at radius 1 is 1.12 bits per heavy atom. The highest BCUT2D eigenvalue weighted by Crippen LogP contribution is 2.39. The van der Waals surface area contributed by atoms with Gasteiger partial charge in [0.2, 0.25) is 5.95 Å². The minimum Gasteiger partial charge on any atom is -0.462 e. The Morgan fingerprint density at radius 2 is 1.85 bits per heavy atom. The number of non-ortho nitro benzene ring substituents is 1. The van der Waals surface area contributed by atoms with Crippen molar-refractivity contribution in [2.24, 2.45) is 0 Å². The number of fused-ring (bicyclic) bond motifs is 3. The summed E-state index contributed by atoms with van der Waals surface area (Å²) in [6.07, 6.45) is 5.33. The lowest BCUT2D eigenvalue weighted by Crippen LogP contribution is -2.29. The zero-order valence-electron chi connectivity index (χ0n) is 18.9. The van der Waals surface area contributed by atoms with Crippen LogP contribution in [0.2, 0.25) is 0 Å². The summed E-state index contributed by atoms with van der Waals surface area (Å²) in [6, 6.07) is 13.5. The molecule has 1 N–H and O–H groups in total. The SMILES string of the molecule is CCCCCCCOC(=O)C1=C(C)Nc2nc3ccccc3n2[C@@H]1c1ccc([N+](=O)[O-])cc1. The second-order valence-electron chi connectivity index (χ2n) is 8.26. The third-order valence-electron chi connectivity index (χ3n) is 5.95. The number of nitrogens with zero attached hydrogens (tertiary/aromatic N) is 3. The number of carbonyl (C=O) groups is 1. The zero-order valence-corrected chi connectivity index (χ0v) is 18.9. The number of unbranched alkanes of at least 4 members (excludes halogenated alkanes) is 4. The first-order valence-electron chi connectivity index (χ1n) is 11.4. The largest absolute Gasteiger partial charge is 0.462 e. The molecular weight excluding hydrogens is 420 g/mol. The molecule has 2 heterocycles. The molecule has 33 heavy (non-hydrogen) atoms. The molecule has 8 nitrogen and oxygen atoms in total. The van der Waals surface area contributed by atoms with Gasteiger partial charge in [0.15, 0.2) is 0 Å². The van der Waals surface area contributed by atoms with E-state index in [2.05, 4.69) is 17.2 Å². The average Bonchev–Trinajstić information content (AvgIpc) is 3.18.